The van der Waals surface area contributed by atoms with Gasteiger partial charge >= 0.3 is 0 Å². The van der Waals surface area contributed by atoms with Crippen molar-refractivity contribution in [3.8, 4) is 0 Å². The van der Waals surface area contributed by atoms with E-state index in [0.717, 1.165) is 70.5 Å². The minimum Gasteiger partial charge on any atom is -0.357 e. The minimum atomic E-state index is 0. The summed E-state index contributed by atoms with van der Waals surface area (Å²) in [5, 5.41) is 6.87. The number of amides is 1. The molecule has 7 nitrogen and oxygen atoms in total. The minimum absolute atomic E-state index is 0. The fourth-order valence-corrected chi connectivity index (χ4v) is 4.61. The summed E-state index contributed by atoms with van der Waals surface area (Å²) in [7, 11) is 3.70. The third-order valence-electron chi connectivity index (χ3n) is 6.22. The van der Waals surface area contributed by atoms with Gasteiger partial charge in [0.25, 0.3) is 0 Å². The maximum Gasteiger partial charge on any atom is 0.239 e. The quantitative estimate of drug-likeness (QED) is 0.194. The number of piperidine rings is 1. The third-order valence-corrected chi connectivity index (χ3v) is 6.22. The first-order chi connectivity index (χ1) is 14.1. The average molecular weight is 537 g/mol. The Morgan fingerprint density at radius 2 is 1.80 bits per heavy atom. The van der Waals surface area contributed by atoms with Gasteiger partial charge in [-0.3, -0.25) is 19.6 Å². The summed E-state index contributed by atoms with van der Waals surface area (Å²) in [6, 6.07) is 0.819. The summed E-state index contributed by atoms with van der Waals surface area (Å²) in [4.78, 5) is 23.8. The monoisotopic (exact) mass is 536 g/mol. The first-order valence-electron chi connectivity index (χ1n) is 11.8. The molecule has 0 aromatic heterocycles. The molecule has 2 aliphatic heterocycles. The number of hydrogen-bond donors (Lipinski definition) is 2. The Balaban J connectivity index is 0.00000450. The lowest BCUT2D eigenvalue weighted by Crippen LogP contribution is -2.46. The second-order valence-corrected chi connectivity index (χ2v) is 8.56. The molecule has 0 radical (unpaired) electrons. The highest BCUT2D eigenvalue weighted by Gasteiger charge is 2.30. The van der Waals surface area contributed by atoms with Crippen molar-refractivity contribution in [2.24, 2.45) is 4.99 Å². The number of rotatable bonds is 10. The number of halogens is 1. The van der Waals surface area contributed by atoms with Gasteiger partial charge in [-0.2, -0.15) is 0 Å². The predicted molar refractivity (Wildman–Crippen MR) is 137 cm³/mol. The molecule has 2 N–H and O–H groups in total. The van der Waals surface area contributed by atoms with Crippen molar-refractivity contribution in [1.82, 2.24) is 25.3 Å². The number of likely N-dealkylation sites (tertiary alicyclic amines) is 2. The summed E-state index contributed by atoms with van der Waals surface area (Å²) in [6.45, 7) is 11.3. The Morgan fingerprint density at radius 3 is 2.50 bits per heavy atom. The van der Waals surface area contributed by atoms with Crippen LogP contribution in [0, 0.1) is 0 Å². The van der Waals surface area contributed by atoms with Gasteiger partial charge in [0.05, 0.1) is 6.04 Å². The van der Waals surface area contributed by atoms with E-state index in [1.165, 1.54) is 32.2 Å². The second kappa shape index (κ2) is 15.2. The molecular weight excluding hydrogens is 491 g/mol. The molecule has 2 fully saturated rings. The zero-order valence-electron chi connectivity index (χ0n) is 19.7. The fourth-order valence-electron chi connectivity index (χ4n) is 4.61. The van der Waals surface area contributed by atoms with Crippen molar-refractivity contribution < 1.29 is 4.79 Å². The van der Waals surface area contributed by atoms with Crippen molar-refractivity contribution in [3.05, 3.63) is 0 Å². The highest BCUT2D eigenvalue weighted by atomic mass is 127. The van der Waals surface area contributed by atoms with E-state index >= 15 is 0 Å². The first-order valence-corrected chi connectivity index (χ1v) is 11.8. The van der Waals surface area contributed by atoms with Crippen molar-refractivity contribution in [1.29, 1.82) is 0 Å². The molecular formula is C22H45IN6O. The van der Waals surface area contributed by atoms with E-state index < -0.39 is 0 Å². The first kappa shape index (κ1) is 27.4. The van der Waals surface area contributed by atoms with Crippen LogP contribution in [0.2, 0.25) is 0 Å². The highest BCUT2D eigenvalue weighted by molar-refractivity contribution is 14.0. The number of aliphatic imine (C=N–C) groups is 1. The Labute approximate surface area is 201 Å². The highest BCUT2D eigenvalue weighted by Crippen LogP contribution is 2.19. The summed E-state index contributed by atoms with van der Waals surface area (Å²) in [5.74, 6) is 1.16. The lowest BCUT2D eigenvalue weighted by molar-refractivity contribution is -0.133. The summed E-state index contributed by atoms with van der Waals surface area (Å²) < 4.78 is 0. The van der Waals surface area contributed by atoms with Gasteiger partial charge in [-0.05, 0) is 58.5 Å². The van der Waals surface area contributed by atoms with E-state index in [4.69, 9.17) is 4.99 Å². The predicted octanol–water partition coefficient (Wildman–Crippen LogP) is 2.37. The van der Waals surface area contributed by atoms with Crippen LogP contribution in [-0.4, -0.2) is 98.6 Å². The van der Waals surface area contributed by atoms with Crippen molar-refractivity contribution in [3.63, 3.8) is 0 Å². The van der Waals surface area contributed by atoms with Crippen LogP contribution < -0.4 is 10.6 Å². The summed E-state index contributed by atoms with van der Waals surface area (Å²) in [6.07, 6.45) is 8.40. The lowest BCUT2D eigenvalue weighted by atomic mass is 10.0. The van der Waals surface area contributed by atoms with E-state index in [0.29, 0.717) is 0 Å². The van der Waals surface area contributed by atoms with Crippen LogP contribution in [0.5, 0.6) is 0 Å². The molecule has 2 unspecified atom stereocenters. The molecule has 0 aromatic rings. The Morgan fingerprint density at radius 1 is 1.03 bits per heavy atom. The van der Waals surface area contributed by atoms with Crippen LogP contribution >= 0.6 is 24.0 Å². The van der Waals surface area contributed by atoms with Crippen LogP contribution in [0.15, 0.2) is 4.99 Å². The van der Waals surface area contributed by atoms with E-state index in [1.54, 1.807) is 4.90 Å². The maximum absolute atomic E-state index is 12.3. The molecule has 176 valence electrons. The molecule has 2 heterocycles. The third kappa shape index (κ3) is 8.86. The zero-order chi connectivity index (χ0) is 21.1. The van der Waals surface area contributed by atoms with Gasteiger partial charge in [-0.25, -0.2) is 0 Å². The van der Waals surface area contributed by atoms with Crippen molar-refractivity contribution in [2.75, 3.05) is 59.9 Å². The number of guanidine groups is 1. The molecule has 0 spiro atoms. The number of likely N-dealkylation sites (N-methyl/N-ethyl adjacent to an activating group) is 1. The SMILES string of the molecule is CCNC(=NCCCN1CCCC1C(=O)N(C)C)NCCN1CCCCC1CC.I. The van der Waals surface area contributed by atoms with Crippen molar-refractivity contribution in [2.45, 2.75) is 70.9 Å². The van der Waals surface area contributed by atoms with Gasteiger partial charge in [0.15, 0.2) is 5.96 Å². The smallest absolute Gasteiger partial charge is 0.239 e. The van der Waals surface area contributed by atoms with E-state index in [1.807, 2.05) is 14.1 Å². The van der Waals surface area contributed by atoms with Gasteiger partial charge in [0.2, 0.25) is 5.91 Å². The molecule has 2 atom stereocenters. The number of carbonyl (C=O) groups excluding carboxylic acids is 1. The fraction of sp³-hybridized carbons (Fsp3) is 0.909. The molecule has 0 bridgehead atoms. The van der Waals surface area contributed by atoms with Crippen LogP contribution in [0.4, 0.5) is 0 Å². The van der Waals surface area contributed by atoms with Gasteiger partial charge in [-0.15, -0.1) is 24.0 Å². The van der Waals surface area contributed by atoms with Crippen molar-refractivity contribution >= 4 is 35.8 Å². The van der Waals surface area contributed by atoms with Crippen LogP contribution in [0.1, 0.15) is 58.8 Å². The number of nitrogens with zero attached hydrogens (tertiary/aromatic N) is 4. The number of nitrogens with one attached hydrogen (secondary N) is 2. The standard InChI is InChI=1S/C22H44N6O.HI/c1-5-19-11-7-8-15-27(19)18-14-25-22(23-6-2)24-13-10-17-28-16-9-12-20(28)21(29)26(3)4;/h19-20H,5-18H2,1-4H3,(H2,23,24,25);1H. The van der Waals surface area contributed by atoms with Crippen LogP contribution in [0.3, 0.4) is 0 Å². The van der Waals surface area contributed by atoms with Gasteiger partial charge < -0.3 is 15.5 Å². The molecule has 0 saturated carbocycles. The van der Waals surface area contributed by atoms with Crippen LogP contribution in [-0.2, 0) is 4.79 Å². The van der Waals surface area contributed by atoms with Gasteiger partial charge in [0, 0.05) is 52.9 Å². The Bertz CT molecular complexity index is 516. The van der Waals surface area contributed by atoms with Gasteiger partial charge in [-0.1, -0.05) is 13.3 Å². The second-order valence-electron chi connectivity index (χ2n) is 8.56. The molecule has 2 aliphatic rings. The average Bonchev–Trinajstić information content (AvgIpc) is 3.19. The van der Waals surface area contributed by atoms with E-state index in [-0.39, 0.29) is 35.9 Å². The number of carbonyl (C=O) groups is 1. The number of hydrogen-bond acceptors (Lipinski definition) is 4. The topological polar surface area (TPSA) is 63.2 Å². The molecule has 2 rings (SSSR count). The molecule has 1 amide bonds. The van der Waals surface area contributed by atoms with E-state index in [2.05, 4.69) is 34.3 Å². The largest absolute Gasteiger partial charge is 0.357 e. The van der Waals surface area contributed by atoms with Gasteiger partial charge in [0.1, 0.15) is 0 Å². The molecule has 30 heavy (non-hydrogen) atoms. The molecule has 8 heteroatoms. The molecule has 0 aliphatic carbocycles. The maximum atomic E-state index is 12.3. The summed E-state index contributed by atoms with van der Waals surface area (Å²) >= 11 is 0. The molecule has 0 aromatic carbocycles. The zero-order valence-corrected chi connectivity index (χ0v) is 22.0. The lowest BCUT2D eigenvalue weighted by Gasteiger charge is -2.35. The molecule has 2 saturated heterocycles. The van der Waals surface area contributed by atoms with Crippen LogP contribution in [0.25, 0.3) is 0 Å². The Hall–Kier alpha value is -0.610. The van der Waals surface area contributed by atoms with E-state index in [9.17, 15) is 4.79 Å². The Kier molecular flexibility index (Phi) is 13.9. The summed E-state index contributed by atoms with van der Waals surface area (Å²) in [5.41, 5.74) is 0. The normalized spacial score (nSPS) is 23.1.